The number of carbonyl (C=O) groups is 1. The molecule has 0 saturated carbocycles. The average Bonchev–Trinajstić information content (AvgIpc) is 2.81. The van der Waals surface area contributed by atoms with E-state index < -0.39 is 9.84 Å². The van der Waals surface area contributed by atoms with Crippen molar-refractivity contribution in [2.75, 3.05) is 18.1 Å². The maximum Gasteiger partial charge on any atom is 0.241 e. The molecular formula is C12H22N2O3S. The van der Waals surface area contributed by atoms with Crippen molar-refractivity contribution in [3.8, 4) is 0 Å². The van der Waals surface area contributed by atoms with E-state index in [0.717, 1.165) is 12.8 Å². The Morgan fingerprint density at radius 1 is 1.33 bits per heavy atom. The predicted octanol–water partition coefficient (Wildman–Crippen LogP) is 0.368. The number of carbonyl (C=O) groups excluding carboxylic acids is 1. The summed E-state index contributed by atoms with van der Waals surface area (Å²) in [6.07, 6.45) is 2.42. The van der Waals surface area contributed by atoms with E-state index in [9.17, 15) is 13.2 Å². The zero-order valence-electron chi connectivity index (χ0n) is 11.1. The Kier molecular flexibility index (Phi) is 3.96. The van der Waals surface area contributed by atoms with E-state index in [0.29, 0.717) is 13.0 Å². The van der Waals surface area contributed by atoms with E-state index in [1.165, 1.54) is 0 Å². The van der Waals surface area contributed by atoms with Gasteiger partial charge in [0.15, 0.2) is 9.84 Å². The van der Waals surface area contributed by atoms with Crippen molar-refractivity contribution >= 4 is 15.7 Å². The lowest BCUT2D eigenvalue weighted by Gasteiger charge is -2.25. The number of rotatable bonds is 4. The van der Waals surface area contributed by atoms with Crippen molar-refractivity contribution in [3.05, 3.63) is 0 Å². The molecule has 104 valence electrons. The molecule has 0 spiro atoms. The van der Waals surface area contributed by atoms with Crippen LogP contribution < -0.4 is 5.32 Å². The molecule has 0 aromatic heterocycles. The van der Waals surface area contributed by atoms with Crippen LogP contribution in [0.5, 0.6) is 0 Å². The van der Waals surface area contributed by atoms with Crippen molar-refractivity contribution in [2.45, 2.75) is 45.3 Å². The molecule has 2 aliphatic rings. The third kappa shape index (κ3) is 2.69. The highest BCUT2D eigenvalue weighted by molar-refractivity contribution is 7.91. The molecule has 6 heteroatoms. The molecule has 2 heterocycles. The first-order chi connectivity index (χ1) is 8.46. The van der Waals surface area contributed by atoms with E-state index in [4.69, 9.17) is 0 Å². The summed E-state index contributed by atoms with van der Waals surface area (Å²) < 4.78 is 22.9. The van der Waals surface area contributed by atoms with Gasteiger partial charge in [-0.1, -0.05) is 13.8 Å². The summed E-state index contributed by atoms with van der Waals surface area (Å²) in [7, 11) is -2.86. The first kappa shape index (κ1) is 13.8. The quantitative estimate of drug-likeness (QED) is 0.804. The topological polar surface area (TPSA) is 66.5 Å². The summed E-state index contributed by atoms with van der Waals surface area (Å²) in [5.74, 6) is 0.768. The minimum absolute atomic E-state index is 0.0748. The summed E-state index contributed by atoms with van der Waals surface area (Å²) in [5, 5.41) is 3.31. The summed E-state index contributed by atoms with van der Waals surface area (Å²) in [6.45, 7) is 4.62. The van der Waals surface area contributed by atoms with Crippen molar-refractivity contribution in [2.24, 2.45) is 5.92 Å². The molecule has 0 aromatic rings. The highest BCUT2D eigenvalue weighted by atomic mass is 32.2. The molecule has 1 N–H and O–H groups in total. The minimum atomic E-state index is -2.86. The highest BCUT2D eigenvalue weighted by Crippen LogP contribution is 2.23. The van der Waals surface area contributed by atoms with Crippen LogP contribution >= 0.6 is 0 Å². The minimum Gasteiger partial charge on any atom is -0.325 e. The fourth-order valence-electron chi connectivity index (χ4n) is 2.89. The van der Waals surface area contributed by atoms with Crippen LogP contribution in [0.15, 0.2) is 0 Å². The normalized spacial score (nSPS) is 35.3. The van der Waals surface area contributed by atoms with Crippen LogP contribution in [0.25, 0.3) is 0 Å². The monoisotopic (exact) mass is 274 g/mol. The molecule has 3 atom stereocenters. The SMILES string of the molecule is CCC1NC(CC)N(CC2CCS(=O)(=O)C2)C1=O. The van der Waals surface area contributed by atoms with Crippen LogP contribution in [0, 0.1) is 5.92 Å². The smallest absolute Gasteiger partial charge is 0.241 e. The number of nitrogens with one attached hydrogen (secondary N) is 1. The molecule has 2 rings (SSSR count). The molecule has 3 unspecified atom stereocenters. The number of sulfone groups is 1. The second-order valence-electron chi connectivity index (χ2n) is 5.31. The second-order valence-corrected chi connectivity index (χ2v) is 7.54. The fourth-order valence-corrected chi connectivity index (χ4v) is 4.74. The number of amides is 1. The Morgan fingerprint density at radius 2 is 2.06 bits per heavy atom. The Morgan fingerprint density at radius 3 is 2.56 bits per heavy atom. The fraction of sp³-hybridized carbons (Fsp3) is 0.917. The molecule has 1 amide bonds. The number of hydrogen-bond donors (Lipinski definition) is 1. The Hall–Kier alpha value is -0.620. The van der Waals surface area contributed by atoms with E-state index in [-0.39, 0.29) is 35.5 Å². The molecule has 2 aliphatic heterocycles. The van der Waals surface area contributed by atoms with Crippen LogP contribution in [-0.4, -0.2) is 49.5 Å². The van der Waals surface area contributed by atoms with Crippen LogP contribution in [-0.2, 0) is 14.6 Å². The highest BCUT2D eigenvalue weighted by Gasteiger charge is 2.39. The lowest BCUT2D eigenvalue weighted by Crippen LogP contribution is -2.40. The largest absolute Gasteiger partial charge is 0.325 e. The Labute approximate surface area is 109 Å². The maximum atomic E-state index is 12.2. The van der Waals surface area contributed by atoms with Gasteiger partial charge in [0.2, 0.25) is 5.91 Å². The average molecular weight is 274 g/mol. The number of nitrogens with zero attached hydrogens (tertiary/aromatic N) is 1. The van der Waals surface area contributed by atoms with Gasteiger partial charge in [-0.3, -0.25) is 10.1 Å². The zero-order chi connectivity index (χ0) is 13.3. The maximum absolute atomic E-state index is 12.2. The standard InChI is InChI=1S/C12H22N2O3S/c1-3-10-12(15)14(11(4-2)13-10)7-9-5-6-18(16,17)8-9/h9-11,13H,3-8H2,1-2H3. The predicted molar refractivity (Wildman–Crippen MR) is 69.8 cm³/mol. The molecule has 2 saturated heterocycles. The van der Waals surface area contributed by atoms with Gasteiger partial charge in [-0.15, -0.1) is 0 Å². The van der Waals surface area contributed by atoms with Gasteiger partial charge in [0.25, 0.3) is 0 Å². The van der Waals surface area contributed by atoms with Gasteiger partial charge in [-0.25, -0.2) is 8.42 Å². The number of hydrogen-bond acceptors (Lipinski definition) is 4. The lowest BCUT2D eigenvalue weighted by atomic mass is 10.1. The van der Waals surface area contributed by atoms with E-state index in [1.54, 1.807) is 0 Å². The summed E-state index contributed by atoms with van der Waals surface area (Å²) in [6, 6.07) is -0.0899. The summed E-state index contributed by atoms with van der Waals surface area (Å²) in [5.41, 5.74) is 0. The van der Waals surface area contributed by atoms with Gasteiger partial charge >= 0.3 is 0 Å². The van der Waals surface area contributed by atoms with E-state index >= 15 is 0 Å². The Balaban J connectivity index is 2.01. The first-order valence-corrected chi connectivity index (χ1v) is 8.56. The van der Waals surface area contributed by atoms with Crippen molar-refractivity contribution in [3.63, 3.8) is 0 Å². The third-order valence-corrected chi connectivity index (χ3v) is 5.76. The van der Waals surface area contributed by atoms with Crippen LogP contribution in [0.1, 0.15) is 33.1 Å². The first-order valence-electron chi connectivity index (χ1n) is 6.73. The third-order valence-electron chi connectivity index (χ3n) is 3.93. The van der Waals surface area contributed by atoms with Gasteiger partial charge < -0.3 is 4.90 Å². The molecular weight excluding hydrogens is 252 g/mol. The van der Waals surface area contributed by atoms with E-state index in [1.807, 2.05) is 18.7 Å². The van der Waals surface area contributed by atoms with Gasteiger partial charge in [-0.05, 0) is 25.2 Å². The Bertz CT molecular complexity index is 421. The van der Waals surface area contributed by atoms with Crippen LogP contribution in [0.3, 0.4) is 0 Å². The molecule has 0 radical (unpaired) electrons. The van der Waals surface area contributed by atoms with Crippen molar-refractivity contribution in [1.29, 1.82) is 0 Å². The van der Waals surface area contributed by atoms with Crippen molar-refractivity contribution < 1.29 is 13.2 Å². The van der Waals surface area contributed by atoms with Gasteiger partial charge in [-0.2, -0.15) is 0 Å². The summed E-state index contributed by atoms with van der Waals surface area (Å²) >= 11 is 0. The molecule has 18 heavy (non-hydrogen) atoms. The second kappa shape index (κ2) is 5.17. The van der Waals surface area contributed by atoms with Crippen LogP contribution in [0.2, 0.25) is 0 Å². The lowest BCUT2D eigenvalue weighted by molar-refractivity contribution is -0.130. The zero-order valence-corrected chi connectivity index (χ0v) is 11.9. The molecule has 0 aliphatic carbocycles. The molecule has 0 bridgehead atoms. The molecule has 0 aromatic carbocycles. The van der Waals surface area contributed by atoms with Crippen LogP contribution in [0.4, 0.5) is 0 Å². The van der Waals surface area contributed by atoms with E-state index in [2.05, 4.69) is 5.32 Å². The van der Waals surface area contributed by atoms with Crippen molar-refractivity contribution in [1.82, 2.24) is 10.2 Å². The van der Waals surface area contributed by atoms with Gasteiger partial charge in [0.1, 0.15) is 0 Å². The van der Waals surface area contributed by atoms with Gasteiger partial charge in [0.05, 0.1) is 23.7 Å². The van der Waals surface area contributed by atoms with Gasteiger partial charge in [0, 0.05) is 6.54 Å². The summed E-state index contributed by atoms with van der Waals surface area (Å²) in [4.78, 5) is 14.0. The molecule has 5 nitrogen and oxygen atoms in total. The molecule has 2 fully saturated rings.